The molecule has 0 spiro atoms. The highest BCUT2D eigenvalue weighted by atomic mass is 16.5. The van der Waals surface area contributed by atoms with Crippen LogP contribution in [-0.4, -0.2) is 18.6 Å². The number of rotatable bonds is 10. The number of nitrogens with zero attached hydrogens (tertiary/aromatic N) is 1. The standard InChI is InChI=1S/C26H31NO2/c1-3-4-5-6-7-8-12-20-13-11-14-21(19-20)25-23(28)17-18-27-26(25)22-15-9-10-16-24(22)29-2/h9-11,13-19,25H,3-8,12H2,1-2H3. The van der Waals surface area contributed by atoms with Gasteiger partial charge in [-0.05, 0) is 36.1 Å². The number of methoxy groups -OCH3 is 1. The van der Waals surface area contributed by atoms with Crippen LogP contribution in [0.3, 0.4) is 0 Å². The average molecular weight is 390 g/mol. The molecule has 3 nitrogen and oxygen atoms in total. The minimum atomic E-state index is -0.388. The molecule has 1 unspecified atom stereocenters. The molecule has 1 aliphatic rings. The highest BCUT2D eigenvalue weighted by Gasteiger charge is 2.29. The molecule has 0 N–H and O–H groups in total. The van der Waals surface area contributed by atoms with Crippen LogP contribution in [0.4, 0.5) is 0 Å². The van der Waals surface area contributed by atoms with Crippen molar-refractivity contribution in [1.29, 1.82) is 0 Å². The lowest BCUT2D eigenvalue weighted by Gasteiger charge is -2.22. The number of carbonyl (C=O) groups excluding carboxylic acids is 1. The van der Waals surface area contributed by atoms with Crippen LogP contribution in [0.25, 0.3) is 0 Å². The van der Waals surface area contributed by atoms with Crippen molar-refractivity contribution in [3.8, 4) is 5.75 Å². The third-order valence-electron chi connectivity index (χ3n) is 5.50. The Hall–Kier alpha value is -2.68. The Kier molecular flexibility index (Phi) is 7.80. The molecule has 0 bridgehead atoms. The van der Waals surface area contributed by atoms with Gasteiger partial charge in [0.1, 0.15) is 5.75 Å². The fraction of sp³-hybridized carbons (Fsp3) is 0.385. The quantitative estimate of drug-likeness (QED) is 0.449. The molecule has 0 fully saturated rings. The van der Waals surface area contributed by atoms with Crippen molar-refractivity contribution < 1.29 is 9.53 Å². The summed E-state index contributed by atoms with van der Waals surface area (Å²) in [6.45, 7) is 2.25. The van der Waals surface area contributed by atoms with Gasteiger partial charge < -0.3 is 4.74 Å². The fourth-order valence-electron chi connectivity index (χ4n) is 3.94. The molecule has 0 aliphatic carbocycles. The zero-order valence-corrected chi connectivity index (χ0v) is 17.6. The van der Waals surface area contributed by atoms with E-state index in [0.29, 0.717) is 0 Å². The van der Waals surface area contributed by atoms with Crippen LogP contribution >= 0.6 is 0 Å². The minimum Gasteiger partial charge on any atom is -0.496 e. The van der Waals surface area contributed by atoms with Crippen LogP contribution in [0.1, 0.15) is 68.1 Å². The van der Waals surface area contributed by atoms with Crippen molar-refractivity contribution in [1.82, 2.24) is 0 Å². The number of unbranched alkanes of at least 4 members (excludes halogenated alkanes) is 5. The number of ether oxygens (including phenoxy) is 1. The predicted molar refractivity (Wildman–Crippen MR) is 120 cm³/mol. The lowest BCUT2D eigenvalue weighted by molar-refractivity contribution is -0.114. The van der Waals surface area contributed by atoms with Crippen molar-refractivity contribution >= 4 is 11.5 Å². The van der Waals surface area contributed by atoms with E-state index >= 15 is 0 Å². The highest BCUT2D eigenvalue weighted by Crippen LogP contribution is 2.31. The van der Waals surface area contributed by atoms with E-state index in [-0.39, 0.29) is 11.7 Å². The van der Waals surface area contributed by atoms with Gasteiger partial charge in [-0.2, -0.15) is 0 Å². The lowest BCUT2D eigenvalue weighted by Crippen LogP contribution is -2.24. The molecule has 1 aliphatic heterocycles. The summed E-state index contributed by atoms with van der Waals surface area (Å²) in [7, 11) is 1.65. The maximum atomic E-state index is 12.8. The molecule has 0 aromatic heterocycles. The summed E-state index contributed by atoms with van der Waals surface area (Å²) in [6, 6.07) is 16.2. The second-order valence-corrected chi connectivity index (χ2v) is 7.63. The fourth-order valence-corrected chi connectivity index (χ4v) is 3.94. The van der Waals surface area contributed by atoms with E-state index in [1.165, 1.54) is 44.1 Å². The molecule has 0 saturated heterocycles. The van der Waals surface area contributed by atoms with E-state index in [9.17, 15) is 4.79 Å². The Labute approximate surface area is 174 Å². The molecule has 152 valence electrons. The van der Waals surface area contributed by atoms with Crippen LogP contribution < -0.4 is 4.74 Å². The molecular formula is C26H31NO2. The van der Waals surface area contributed by atoms with Gasteiger partial charge in [0.2, 0.25) is 0 Å². The first-order valence-corrected chi connectivity index (χ1v) is 10.7. The van der Waals surface area contributed by atoms with Gasteiger partial charge in [-0.25, -0.2) is 0 Å². The minimum absolute atomic E-state index is 0.0672. The molecule has 29 heavy (non-hydrogen) atoms. The average Bonchev–Trinajstić information content (AvgIpc) is 2.76. The summed E-state index contributed by atoms with van der Waals surface area (Å²) in [6.07, 6.45) is 11.9. The number of para-hydroxylation sites is 1. The molecule has 3 rings (SSSR count). The van der Waals surface area contributed by atoms with Gasteiger partial charge >= 0.3 is 0 Å². The first kappa shape index (κ1) is 21.0. The van der Waals surface area contributed by atoms with Gasteiger partial charge in [0, 0.05) is 17.8 Å². The van der Waals surface area contributed by atoms with Crippen molar-refractivity contribution in [3.05, 3.63) is 77.5 Å². The molecule has 3 heteroatoms. The largest absolute Gasteiger partial charge is 0.496 e. The Morgan fingerprint density at radius 3 is 2.59 bits per heavy atom. The Bertz CT molecular complexity index is 882. The summed E-state index contributed by atoms with van der Waals surface area (Å²) in [4.78, 5) is 17.4. The summed E-state index contributed by atoms with van der Waals surface area (Å²) in [5.74, 6) is 0.418. The van der Waals surface area contributed by atoms with E-state index in [1.54, 1.807) is 19.4 Å². The van der Waals surface area contributed by atoms with Gasteiger partial charge in [-0.1, -0.05) is 75.4 Å². The number of ketones is 1. The maximum absolute atomic E-state index is 12.8. The summed E-state index contributed by atoms with van der Waals surface area (Å²) >= 11 is 0. The van der Waals surface area contributed by atoms with E-state index in [0.717, 1.165) is 29.0 Å². The van der Waals surface area contributed by atoms with Crippen molar-refractivity contribution in [2.75, 3.05) is 7.11 Å². The second kappa shape index (κ2) is 10.8. The number of carbonyl (C=O) groups is 1. The van der Waals surface area contributed by atoms with E-state index < -0.39 is 0 Å². The zero-order chi connectivity index (χ0) is 20.5. The SMILES string of the molecule is CCCCCCCCc1cccc(C2C(=O)C=CN=C2c2ccccc2OC)c1. The summed E-state index contributed by atoms with van der Waals surface area (Å²) in [5, 5.41) is 0. The number of aryl methyl sites for hydroxylation is 1. The van der Waals surface area contributed by atoms with Crippen LogP contribution in [0, 0.1) is 0 Å². The smallest absolute Gasteiger partial charge is 0.170 e. The Morgan fingerprint density at radius 1 is 0.966 bits per heavy atom. The number of hydrogen-bond acceptors (Lipinski definition) is 3. The lowest BCUT2D eigenvalue weighted by atomic mass is 9.84. The van der Waals surface area contributed by atoms with E-state index in [4.69, 9.17) is 4.74 Å². The third-order valence-corrected chi connectivity index (χ3v) is 5.50. The van der Waals surface area contributed by atoms with Gasteiger partial charge in [-0.15, -0.1) is 0 Å². The maximum Gasteiger partial charge on any atom is 0.170 e. The van der Waals surface area contributed by atoms with Gasteiger partial charge in [-0.3, -0.25) is 9.79 Å². The third kappa shape index (κ3) is 5.44. The molecular weight excluding hydrogens is 358 g/mol. The molecule has 0 saturated carbocycles. The van der Waals surface area contributed by atoms with Crippen LogP contribution in [0.15, 0.2) is 65.8 Å². The van der Waals surface area contributed by atoms with Crippen molar-refractivity contribution in [2.24, 2.45) is 4.99 Å². The number of aliphatic imine (C=N–C) groups is 1. The molecule has 2 aromatic rings. The highest BCUT2D eigenvalue weighted by molar-refractivity contribution is 6.22. The molecule has 1 heterocycles. The second-order valence-electron chi connectivity index (χ2n) is 7.63. The Balaban J connectivity index is 1.78. The van der Waals surface area contributed by atoms with Gasteiger partial charge in [0.25, 0.3) is 0 Å². The van der Waals surface area contributed by atoms with Gasteiger partial charge in [0.15, 0.2) is 5.78 Å². The monoisotopic (exact) mass is 389 g/mol. The number of allylic oxidation sites excluding steroid dienone is 1. The van der Waals surface area contributed by atoms with Crippen molar-refractivity contribution in [2.45, 2.75) is 57.8 Å². The first-order valence-electron chi connectivity index (χ1n) is 10.7. The molecule has 2 aromatic carbocycles. The number of benzene rings is 2. The van der Waals surface area contributed by atoms with Crippen LogP contribution in [-0.2, 0) is 11.2 Å². The predicted octanol–water partition coefficient (Wildman–Crippen LogP) is 6.27. The molecule has 0 amide bonds. The topological polar surface area (TPSA) is 38.7 Å². The Morgan fingerprint density at radius 2 is 1.76 bits per heavy atom. The first-order chi connectivity index (χ1) is 14.2. The summed E-state index contributed by atoms with van der Waals surface area (Å²) in [5.41, 5.74) is 3.93. The van der Waals surface area contributed by atoms with Crippen molar-refractivity contribution in [3.63, 3.8) is 0 Å². The van der Waals surface area contributed by atoms with Crippen LogP contribution in [0.5, 0.6) is 5.75 Å². The van der Waals surface area contributed by atoms with Gasteiger partial charge in [0.05, 0.1) is 18.7 Å². The normalized spacial score (nSPS) is 16.0. The van der Waals surface area contributed by atoms with E-state index in [1.807, 2.05) is 30.3 Å². The summed E-state index contributed by atoms with van der Waals surface area (Å²) < 4.78 is 5.52. The molecule has 1 atom stereocenters. The zero-order valence-electron chi connectivity index (χ0n) is 17.6. The molecule has 0 radical (unpaired) electrons. The van der Waals surface area contributed by atoms with Crippen LogP contribution in [0.2, 0.25) is 0 Å². The number of hydrogen-bond donors (Lipinski definition) is 0. The van der Waals surface area contributed by atoms with E-state index in [2.05, 4.69) is 30.1 Å².